The molecule has 1 aliphatic rings. The quantitative estimate of drug-likeness (QED) is 0.849. The minimum atomic E-state index is -0.909. The molecule has 1 N–H and O–H groups in total. The van der Waals surface area contributed by atoms with Crippen LogP contribution in [0, 0.1) is 0 Å². The van der Waals surface area contributed by atoms with Crippen LogP contribution in [-0.4, -0.2) is 47.7 Å². The zero-order chi connectivity index (χ0) is 13.7. The molecule has 6 heteroatoms. The summed E-state index contributed by atoms with van der Waals surface area (Å²) >= 11 is 1.56. The van der Waals surface area contributed by atoms with Gasteiger partial charge in [-0.3, -0.25) is 9.59 Å². The predicted octanol–water partition coefficient (Wildman–Crippen LogP) is 1.46. The second-order valence-corrected chi connectivity index (χ2v) is 5.20. The average molecular weight is 281 g/mol. The van der Waals surface area contributed by atoms with Crippen LogP contribution in [-0.2, 0) is 14.3 Å². The normalized spacial score (nSPS) is 19.8. The largest absolute Gasteiger partial charge is 0.481 e. The molecule has 1 aromatic rings. The number of carbonyl (C=O) groups excluding carboxylic acids is 1. The van der Waals surface area contributed by atoms with Gasteiger partial charge in [-0.2, -0.15) is 0 Å². The number of carboxylic acid groups (broad SMARTS) is 1. The lowest BCUT2D eigenvalue weighted by Gasteiger charge is -2.31. The van der Waals surface area contributed by atoms with Gasteiger partial charge < -0.3 is 14.7 Å². The first-order chi connectivity index (χ1) is 9.15. The first kappa shape index (κ1) is 13.8. The SMILES string of the molecule is O=C(O)CC1CN(C(=O)C=Cc2cccs2)CCO1. The van der Waals surface area contributed by atoms with Crippen molar-refractivity contribution in [3.8, 4) is 0 Å². The maximum absolute atomic E-state index is 12.0. The second-order valence-electron chi connectivity index (χ2n) is 4.22. The predicted molar refractivity (Wildman–Crippen MR) is 71.9 cm³/mol. The number of aliphatic carboxylic acids is 1. The minimum Gasteiger partial charge on any atom is -0.481 e. The fourth-order valence-corrected chi connectivity index (χ4v) is 2.50. The number of ether oxygens (including phenoxy) is 1. The minimum absolute atomic E-state index is 0.0710. The lowest BCUT2D eigenvalue weighted by atomic mass is 10.2. The number of carbonyl (C=O) groups is 2. The van der Waals surface area contributed by atoms with Gasteiger partial charge in [0.05, 0.1) is 19.1 Å². The van der Waals surface area contributed by atoms with Gasteiger partial charge in [-0.1, -0.05) is 6.07 Å². The molecule has 1 amide bonds. The van der Waals surface area contributed by atoms with Gasteiger partial charge in [0, 0.05) is 24.0 Å². The van der Waals surface area contributed by atoms with E-state index in [0.717, 1.165) is 4.88 Å². The van der Waals surface area contributed by atoms with Crippen LogP contribution in [0.25, 0.3) is 6.08 Å². The summed E-state index contributed by atoms with van der Waals surface area (Å²) < 4.78 is 5.32. The van der Waals surface area contributed by atoms with Crippen LogP contribution in [0.1, 0.15) is 11.3 Å². The van der Waals surface area contributed by atoms with E-state index in [1.54, 1.807) is 22.3 Å². The molecule has 0 aromatic carbocycles. The van der Waals surface area contributed by atoms with Crippen molar-refractivity contribution < 1.29 is 19.4 Å². The molecule has 1 atom stereocenters. The van der Waals surface area contributed by atoms with E-state index in [9.17, 15) is 9.59 Å². The Balaban J connectivity index is 1.90. The summed E-state index contributed by atoms with van der Waals surface area (Å²) in [6.07, 6.45) is 2.81. The van der Waals surface area contributed by atoms with Crippen molar-refractivity contribution in [2.45, 2.75) is 12.5 Å². The number of carboxylic acids is 1. The smallest absolute Gasteiger partial charge is 0.306 e. The Morgan fingerprint density at radius 2 is 2.42 bits per heavy atom. The number of hydrogen-bond acceptors (Lipinski definition) is 4. The fourth-order valence-electron chi connectivity index (χ4n) is 1.88. The first-order valence-corrected chi connectivity index (χ1v) is 6.87. The van der Waals surface area contributed by atoms with Gasteiger partial charge in [0.25, 0.3) is 0 Å². The van der Waals surface area contributed by atoms with E-state index in [4.69, 9.17) is 9.84 Å². The van der Waals surface area contributed by atoms with Gasteiger partial charge in [-0.25, -0.2) is 0 Å². The van der Waals surface area contributed by atoms with Gasteiger partial charge >= 0.3 is 5.97 Å². The number of rotatable bonds is 4. The maximum Gasteiger partial charge on any atom is 0.306 e. The van der Waals surface area contributed by atoms with E-state index in [-0.39, 0.29) is 12.3 Å². The molecule has 0 bridgehead atoms. The third-order valence-electron chi connectivity index (χ3n) is 2.79. The number of amides is 1. The van der Waals surface area contributed by atoms with Gasteiger partial charge in [-0.05, 0) is 17.5 Å². The second kappa shape index (κ2) is 6.49. The number of morpholine rings is 1. The van der Waals surface area contributed by atoms with Crippen LogP contribution in [0.3, 0.4) is 0 Å². The third kappa shape index (κ3) is 4.18. The van der Waals surface area contributed by atoms with E-state index < -0.39 is 12.1 Å². The van der Waals surface area contributed by atoms with E-state index in [1.165, 1.54) is 6.08 Å². The lowest BCUT2D eigenvalue weighted by Crippen LogP contribution is -2.45. The summed E-state index contributed by atoms with van der Waals surface area (Å²) in [5, 5.41) is 10.7. The molecule has 1 aliphatic heterocycles. The molecular formula is C13H15NO4S. The highest BCUT2D eigenvalue weighted by molar-refractivity contribution is 7.10. The van der Waals surface area contributed by atoms with E-state index in [0.29, 0.717) is 19.7 Å². The molecule has 102 valence electrons. The molecule has 0 radical (unpaired) electrons. The Bertz CT molecular complexity index is 469. The topological polar surface area (TPSA) is 66.8 Å². The van der Waals surface area contributed by atoms with Gasteiger partial charge in [-0.15, -0.1) is 11.3 Å². The van der Waals surface area contributed by atoms with E-state index >= 15 is 0 Å². The van der Waals surface area contributed by atoms with Gasteiger partial charge in [0.1, 0.15) is 0 Å². The Hall–Kier alpha value is -1.66. The maximum atomic E-state index is 12.0. The van der Waals surface area contributed by atoms with Crippen LogP contribution in [0.15, 0.2) is 23.6 Å². The Morgan fingerprint density at radius 1 is 1.58 bits per heavy atom. The fraction of sp³-hybridized carbons (Fsp3) is 0.385. The Labute approximate surface area is 115 Å². The molecule has 1 unspecified atom stereocenters. The molecule has 1 fully saturated rings. The highest BCUT2D eigenvalue weighted by atomic mass is 32.1. The molecule has 2 rings (SSSR count). The third-order valence-corrected chi connectivity index (χ3v) is 3.62. The van der Waals surface area contributed by atoms with Crippen LogP contribution in [0.5, 0.6) is 0 Å². The zero-order valence-electron chi connectivity index (χ0n) is 10.3. The highest BCUT2D eigenvalue weighted by Crippen LogP contribution is 2.12. The zero-order valence-corrected chi connectivity index (χ0v) is 11.1. The summed E-state index contributed by atoms with van der Waals surface area (Å²) in [6, 6.07) is 3.85. The number of thiophene rings is 1. The number of hydrogen-bond donors (Lipinski definition) is 1. The van der Waals surface area contributed by atoms with Crippen LogP contribution >= 0.6 is 11.3 Å². The van der Waals surface area contributed by atoms with Crippen LogP contribution in [0.4, 0.5) is 0 Å². The Morgan fingerprint density at radius 3 is 3.11 bits per heavy atom. The number of nitrogens with zero attached hydrogens (tertiary/aromatic N) is 1. The molecular weight excluding hydrogens is 266 g/mol. The van der Waals surface area contributed by atoms with Gasteiger partial charge in [0.15, 0.2) is 0 Å². The van der Waals surface area contributed by atoms with Gasteiger partial charge in [0.2, 0.25) is 5.91 Å². The van der Waals surface area contributed by atoms with Crippen molar-refractivity contribution in [1.29, 1.82) is 0 Å². The first-order valence-electron chi connectivity index (χ1n) is 5.99. The summed E-state index contributed by atoms with van der Waals surface area (Å²) in [4.78, 5) is 25.2. The van der Waals surface area contributed by atoms with E-state index in [2.05, 4.69) is 0 Å². The standard InChI is InChI=1S/C13H15NO4S/c15-12(4-3-11-2-1-7-19-11)14-5-6-18-10(9-14)8-13(16)17/h1-4,7,10H,5-6,8-9H2,(H,16,17). The summed E-state index contributed by atoms with van der Waals surface area (Å²) in [7, 11) is 0. The summed E-state index contributed by atoms with van der Waals surface area (Å²) in [6.45, 7) is 1.22. The molecule has 0 aliphatic carbocycles. The molecule has 19 heavy (non-hydrogen) atoms. The van der Waals surface area contributed by atoms with Crippen molar-refractivity contribution in [2.24, 2.45) is 0 Å². The monoisotopic (exact) mass is 281 g/mol. The van der Waals surface area contributed by atoms with Crippen molar-refractivity contribution in [1.82, 2.24) is 4.90 Å². The molecule has 1 saturated heterocycles. The summed E-state index contributed by atoms with van der Waals surface area (Å²) in [5.41, 5.74) is 0. The summed E-state index contributed by atoms with van der Waals surface area (Å²) in [5.74, 6) is -1.01. The van der Waals surface area contributed by atoms with Crippen molar-refractivity contribution in [3.63, 3.8) is 0 Å². The van der Waals surface area contributed by atoms with E-state index in [1.807, 2.05) is 17.5 Å². The van der Waals surface area contributed by atoms with Crippen molar-refractivity contribution in [2.75, 3.05) is 19.7 Å². The van der Waals surface area contributed by atoms with Crippen molar-refractivity contribution in [3.05, 3.63) is 28.5 Å². The molecule has 1 aromatic heterocycles. The van der Waals surface area contributed by atoms with Crippen molar-refractivity contribution >= 4 is 29.3 Å². The average Bonchev–Trinajstić information content (AvgIpc) is 2.88. The lowest BCUT2D eigenvalue weighted by molar-refractivity contribution is -0.145. The molecule has 5 nitrogen and oxygen atoms in total. The molecule has 0 spiro atoms. The highest BCUT2D eigenvalue weighted by Gasteiger charge is 2.24. The molecule has 0 saturated carbocycles. The van der Waals surface area contributed by atoms with Crippen LogP contribution < -0.4 is 0 Å². The molecule has 2 heterocycles. The van der Waals surface area contributed by atoms with Crippen LogP contribution in [0.2, 0.25) is 0 Å². The Kier molecular flexibility index (Phi) is 4.70.